The van der Waals surface area contributed by atoms with Crippen molar-refractivity contribution in [1.82, 2.24) is 0 Å². The molecule has 0 aliphatic rings. The van der Waals surface area contributed by atoms with Crippen LogP contribution < -0.4 is 5.32 Å². The van der Waals surface area contributed by atoms with E-state index in [0.29, 0.717) is 17.8 Å². The Balaban J connectivity index is 3.01. The number of anilines is 1. The summed E-state index contributed by atoms with van der Waals surface area (Å²) in [7, 11) is 0. The molecule has 0 aliphatic heterocycles. The van der Waals surface area contributed by atoms with E-state index in [1.54, 1.807) is 0 Å². The van der Waals surface area contributed by atoms with Gasteiger partial charge >= 0.3 is 0 Å². The molecule has 0 aromatic heterocycles. The Morgan fingerprint density at radius 3 is 2.55 bits per heavy atom. The zero-order chi connectivity index (χ0) is 15.2. The molecule has 1 aromatic rings. The molecule has 108 valence electrons. The molecule has 0 radical (unpaired) electrons. The van der Waals surface area contributed by atoms with Crippen molar-refractivity contribution in [3.63, 3.8) is 0 Å². The van der Waals surface area contributed by atoms with Crippen LogP contribution in [0.15, 0.2) is 18.2 Å². The molecule has 0 amide bonds. The van der Waals surface area contributed by atoms with E-state index in [9.17, 15) is 15.2 Å². The molecule has 0 saturated heterocycles. The zero-order valence-corrected chi connectivity index (χ0v) is 11.7. The first-order valence-corrected chi connectivity index (χ1v) is 6.55. The Labute approximate surface area is 118 Å². The van der Waals surface area contributed by atoms with Gasteiger partial charge in [0.1, 0.15) is 5.69 Å². The third-order valence-corrected chi connectivity index (χ3v) is 3.81. The molecule has 6 nitrogen and oxygen atoms in total. The number of nitrogens with one attached hydrogen (secondary N) is 1. The molecular weight excluding hydrogens is 258 g/mol. The van der Waals surface area contributed by atoms with Gasteiger partial charge in [-0.25, -0.2) is 0 Å². The highest BCUT2D eigenvalue weighted by atomic mass is 16.6. The standard InChI is InChI=1S/C14H19N3O3/c1-3-14(4-2,10-18)9-16-12-7-11(8-15)5-6-13(12)17(19)20/h5-7,16,18H,3-4,9-10H2,1-2H3. The Kier molecular flexibility index (Phi) is 5.47. The first kappa shape index (κ1) is 15.9. The Bertz CT molecular complexity index is 511. The van der Waals surface area contributed by atoms with Crippen LogP contribution in [0.1, 0.15) is 32.3 Å². The monoisotopic (exact) mass is 277 g/mol. The highest BCUT2D eigenvalue weighted by molar-refractivity contribution is 5.64. The van der Waals surface area contributed by atoms with Crippen LogP contribution in [0.4, 0.5) is 11.4 Å². The van der Waals surface area contributed by atoms with Crippen molar-refractivity contribution in [2.75, 3.05) is 18.5 Å². The number of aliphatic hydroxyl groups excluding tert-OH is 1. The Morgan fingerprint density at radius 1 is 1.45 bits per heavy atom. The molecule has 0 atom stereocenters. The van der Waals surface area contributed by atoms with Crippen LogP contribution in [0.3, 0.4) is 0 Å². The van der Waals surface area contributed by atoms with Crippen LogP contribution in [0.25, 0.3) is 0 Å². The molecule has 0 spiro atoms. The molecule has 0 bridgehead atoms. The first-order valence-electron chi connectivity index (χ1n) is 6.55. The SMILES string of the molecule is CCC(CC)(CO)CNc1cc(C#N)ccc1[N+](=O)[O-]. The summed E-state index contributed by atoms with van der Waals surface area (Å²) in [5.41, 5.74) is 0.300. The molecular formula is C14H19N3O3. The number of benzene rings is 1. The quantitative estimate of drug-likeness (QED) is 0.589. The number of nitro groups is 1. The summed E-state index contributed by atoms with van der Waals surface area (Å²) >= 11 is 0. The molecule has 2 N–H and O–H groups in total. The Hall–Kier alpha value is -2.13. The van der Waals surface area contributed by atoms with Gasteiger partial charge in [-0.2, -0.15) is 5.26 Å². The van der Waals surface area contributed by atoms with Gasteiger partial charge in [0, 0.05) is 18.0 Å². The number of aliphatic hydroxyl groups is 1. The van der Waals surface area contributed by atoms with Crippen molar-refractivity contribution in [2.45, 2.75) is 26.7 Å². The summed E-state index contributed by atoms with van der Waals surface area (Å²) in [5.74, 6) is 0. The predicted octanol–water partition coefficient (Wildman–Crippen LogP) is 2.68. The second-order valence-corrected chi connectivity index (χ2v) is 4.82. The largest absolute Gasteiger partial charge is 0.396 e. The summed E-state index contributed by atoms with van der Waals surface area (Å²) < 4.78 is 0. The van der Waals surface area contributed by atoms with Gasteiger partial charge in [0.15, 0.2) is 0 Å². The molecule has 0 fully saturated rings. The van der Waals surface area contributed by atoms with Crippen molar-refractivity contribution in [2.24, 2.45) is 5.41 Å². The minimum Gasteiger partial charge on any atom is -0.396 e. The molecule has 0 unspecified atom stereocenters. The third-order valence-electron chi connectivity index (χ3n) is 3.81. The topological polar surface area (TPSA) is 99.2 Å². The lowest BCUT2D eigenvalue weighted by Crippen LogP contribution is -2.32. The van der Waals surface area contributed by atoms with Crippen molar-refractivity contribution in [3.8, 4) is 6.07 Å². The summed E-state index contributed by atoms with van der Waals surface area (Å²) in [5, 5.41) is 32.4. The summed E-state index contributed by atoms with van der Waals surface area (Å²) in [6, 6.07) is 6.16. The number of nitriles is 1. The van der Waals surface area contributed by atoms with E-state index in [1.165, 1.54) is 18.2 Å². The molecule has 0 aliphatic carbocycles. The van der Waals surface area contributed by atoms with Crippen LogP contribution in [-0.2, 0) is 0 Å². The molecule has 0 heterocycles. The fourth-order valence-corrected chi connectivity index (χ4v) is 1.97. The van der Waals surface area contributed by atoms with Gasteiger partial charge in [-0.15, -0.1) is 0 Å². The average molecular weight is 277 g/mol. The number of rotatable bonds is 7. The second-order valence-electron chi connectivity index (χ2n) is 4.82. The molecule has 20 heavy (non-hydrogen) atoms. The van der Waals surface area contributed by atoms with E-state index in [-0.39, 0.29) is 17.7 Å². The fourth-order valence-electron chi connectivity index (χ4n) is 1.97. The number of nitro benzene ring substituents is 1. The van der Waals surface area contributed by atoms with E-state index in [1.807, 2.05) is 19.9 Å². The van der Waals surface area contributed by atoms with Crippen molar-refractivity contribution < 1.29 is 10.0 Å². The fraction of sp³-hybridized carbons (Fsp3) is 0.500. The number of hydrogen-bond donors (Lipinski definition) is 2. The van der Waals surface area contributed by atoms with E-state index in [4.69, 9.17) is 5.26 Å². The van der Waals surface area contributed by atoms with Crippen molar-refractivity contribution in [3.05, 3.63) is 33.9 Å². The van der Waals surface area contributed by atoms with E-state index < -0.39 is 4.92 Å². The number of hydrogen-bond acceptors (Lipinski definition) is 5. The molecule has 1 aromatic carbocycles. The van der Waals surface area contributed by atoms with E-state index in [2.05, 4.69) is 5.32 Å². The summed E-state index contributed by atoms with van der Waals surface area (Å²) in [6.45, 7) is 4.38. The van der Waals surface area contributed by atoms with Crippen LogP contribution >= 0.6 is 0 Å². The van der Waals surface area contributed by atoms with Crippen LogP contribution in [0.2, 0.25) is 0 Å². The lowest BCUT2D eigenvalue weighted by atomic mass is 9.83. The van der Waals surface area contributed by atoms with Gasteiger partial charge in [0.05, 0.1) is 23.2 Å². The predicted molar refractivity (Wildman–Crippen MR) is 76.4 cm³/mol. The van der Waals surface area contributed by atoms with Crippen molar-refractivity contribution >= 4 is 11.4 Å². The second kappa shape index (κ2) is 6.87. The smallest absolute Gasteiger partial charge is 0.292 e. The normalized spacial score (nSPS) is 10.9. The van der Waals surface area contributed by atoms with Gasteiger partial charge in [-0.3, -0.25) is 10.1 Å². The maximum Gasteiger partial charge on any atom is 0.292 e. The van der Waals surface area contributed by atoms with Gasteiger partial charge in [0.2, 0.25) is 0 Å². The minimum atomic E-state index is -0.484. The van der Waals surface area contributed by atoms with Crippen LogP contribution in [0, 0.1) is 26.9 Å². The summed E-state index contributed by atoms with van der Waals surface area (Å²) in [4.78, 5) is 10.5. The zero-order valence-electron chi connectivity index (χ0n) is 11.7. The average Bonchev–Trinajstić information content (AvgIpc) is 2.48. The van der Waals surface area contributed by atoms with Crippen LogP contribution in [0.5, 0.6) is 0 Å². The maximum absolute atomic E-state index is 11.0. The molecule has 1 rings (SSSR count). The van der Waals surface area contributed by atoms with E-state index in [0.717, 1.165) is 12.8 Å². The van der Waals surface area contributed by atoms with Gasteiger partial charge < -0.3 is 10.4 Å². The molecule has 0 saturated carbocycles. The van der Waals surface area contributed by atoms with Crippen molar-refractivity contribution in [1.29, 1.82) is 5.26 Å². The van der Waals surface area contributed by atoms with Gasteiger partial charge in [-0.1, -0.05) is 13.8 Å². The lowest BCUT2D eigenvalue weighted by Gasteiger charge is -2.29. The summed E-state index contributed by atoms with van der Waals surface area (Å²) in [6.07, 6.45) is 1.53. The third kappa shape index (κ3) is 3.45. The highest BCUT2D eigenvalue weighted by Gasteiger charge is 2.26. The maximum atomic E-state index is 11.0. The minimum absolute atomic E-state index is 0.0126. The lowest BCUT2D eigenvalue weighted by molar-refractivity contribution is -0.384. The highest BCUT2D eigenvalue weighted by Crippen LogP contribution is 2.30. The Morgan fingerprint density at radius 2 is 2.10 bits per heavy atom. The van der Waals surface area contributed by atoms with Crippen LogP contribution in [-0.4, -0.2) is 23.2 Å². The van der Waals surface area contributed by atoms with Gasteiger partial charge in [-0.05, 0) is 25.0 Å². The first-order chi connectivity index (χ1) is 9.51. The number of nitrogens with zero attached hydrogens (tertiary/aromatic N) is 2. The van der Waals surface area contributed by atoms with Gasteiger partial charge in [0.25, 0.3) is 5.69 Å². The molecule has 6 heteroatoms. The van der Waals surface area contributed by atoms with E-state index >= 15 is 0 Å².